The van der Waals surface area contributed by atoms with Crippen LogP contribution in [0.4, 0.5) is 0 Å². The number of benzene rings is 1. The van der Waals surface area contributed by atoms with E-state index in [-0.39, 0.29) is 0 Å². The van der Waals surface area contributed by atoms with Gasteiger partial charge in [-0.15, -0.1) is 0 Å². The molecule has 16 heavy (non-hydrogen) atoms. The Bertz CT molecular complexity index is 352. The van der Waals surface area contributed by atoms with Crippen LogP contribution in [0.5, 0.6) is 0 Å². The van der Waals surface area contributed by atoms with Gasteiger partial charge in [0, 0.05) is 11.6 Å². The minimum atomic E-state index is 0.699. The summed E-state index contributed by atoms with van der Waals surface area (Å²) in [6.45, 7) is 0.805. The molecule has 1 N–H and O–H groups in total. The molecule has 2 rings (SSSR count). The maximum atomic E-state index is 3.51. The lowest BCUT2D eigenvalue weighted by Gasteiger charge is -2.21. The predicted octanol–water partition coefficient (Wildman–Crippen LogP) is 2.76. The fraction of sp³-hybridized carbons (Fsp3) is 0.467. The molecule has 1 aromatic carbocycles. The number of nitrogens with one attached hydrogen (secondary N) is 1. The molecule has 0 aromatic heterocycles. The van der Waals surface area contributed by atoms with Gasteiger partial charge in [-0.2, -0.15) is 0 Å². The van der Waals surface area contributed by atoms with Gasteiger partial charge in [0.15, 0.2) is 0 Å². The highest BCUT2D eigenvalue weighted by atomic mass is 14.9. The number of hydrogen-bond donors (Lipinski definition) is 1. The van der Waals surface area contributed by atoms with Crippen molar-refractivity contribution in [1.29, 1.82) is 0 Å². The Kier molecular flexibility index (Phi) is 4.46. The van der Waals surface area contributed by atoms with Crippen molar-refractivity contribution in [2.45, 2.75) is 38.1 Å². The fourth-order valence-electron chi connectivity index (χ4n) is 2.12. The highest BCUT2D eigenvalue weighted by molar-refractivity contribution is 5.33. The topological polar surface area (TPSA) is 12.0 Å². The largest absolute Gasteiger partial charge is 0.303 e. The van der Waals surface area contributed by atoms with Crippen molar-refractivity contribution in [3.63, 3.8) is 0 Å². The number of hydrogen-bond acceptors (Lipinski definition) is 1. The van der Waals surface area contributed by atoms with Crippen molar-refractivity contribution in [2.75, 3.05) is 6.54 Å². The molecule has 1 heteroatoms. The third-order valence-electron chi connectivity index (χ3n) is 3.02. The molecule has 0 unspecified atom stereocenters. The molecule has 1 aliphatic carbocycles. The van der Waals surface area contributed by atoms with Gasteiger partial charge in [0.2, 0.25) is 0 Å². The fourth-order valence-corrected chi connectivity index (χ4v) is 2.12. The Labute approximate surface area is 98.3 Å². The summed E-state index contributed by atoms with van der Waals surface area (Å²) in [7, 11) is 0. The van der Waals surface area contributed by atoms with Crippen LogP contribution in [0.15, 0.2) is 24.3 Å². The van der Waals surface area contributed by atoms with E-state index in [1.807, 2.05) is 24.3 Å². The van der Waals surface area contributed by atoms with Gasteiger partial charge in [-0.25, -0.2) is 0 Å². The van der Waals surface area contributed by atoms with E-state index in [1.54, 1.807) is 0 Å². The molecule has 0 aliphatic heterocycles. The summed E-state index contributed by atoms with van der Waals surface area (Å²) in [5.74, 6) is 6.31. The second-order valence-electron chi connectivity index (χ2n) is 4.31. The van der Waals surface area contributed by atoms with Gasteiger partial charge < -0.3 is 5.32 Å². The lowest BCUT2D eigenvalue weighted by molar-refractivity contribution is 0.386. The smallest absolute Gasteiger partial charge is 0.0582 e. The molecule has 0 saturated heterocycles. The van der Waals surface area contributed by atoms with Crippen molar-refractivity contribution in [2.24, 2.45) is 0 Å². The molecule has 1 aromatic rings. The van der Waals surface area contributed by atoms with Gasteiger partial charge in [-0.3, -0.25) is 0 Å². The van der Waals surface area contributed by atoms with Gasteiger partial charge in [-0.1, -0.05) is 43.2 Å². The third-order valence-corrected chi connectivity index (χ3v) is 3.02. The molecule has 1 fully saturated rings. The van der Waals surface area contributed by atoms with Gasteiger partial charge in [0.1, 0.15) is 0 Å². The molecule has 0 atom stereocenters. The summed E-state index contributed by atoms with van der Waals surface area (Å²) >= 11 is 0. The summed E-state index contributed by atoms with van der Waals surface area (Å²) in [4.78, 5) is 0. The van der Waals surface area contributed by atoms with Gasteiger partial charge in [0.05, 0.1) is 6.54 Å². The van der Waals surface area contributed by atoms with Gasteiger partial charge in [-0.05, 0) is 31.0 Å². The van der Waals surface area contributed by atoms with Crippen LogP contribution < -0.4 is 5.32 Å². The van der Waals surface area contributed by atoms with Gasteiger partial charge in [0.25, 0.3) is 0 Å². The summed E-state index contributed by atoms with van der Waals surface area (Å²) < 4.78 is 0. The highest BCUT2D eigenvalue weighted by Gasteiger charge is 2.10. The van der Waals surface area contributed by atoms with Crippen LogP contribution in [0.1, 0.15) is 37.7 Å². The average molecular weight is 212 g/mol. The maximum Gasteiger partial charge on any atom is 0.0582 e. The molecule has 1 saturated carbocycles. The van der Waals surface area contributed by atoms with Crippen LogP contribution in [-0.4, -0.2) is 12.6 Å². The Morgan fingerprint density at radius 2 is 2.19 bits per heavy atom. The average Bonchev–Trinajstić information content (AvgIpc) is 2.37. The summed E-state index contributed by atoms with van der Waals surface area (Å²) in [6, 6.07) is 11.5. The van der Waals surface area contributed by atoms with E-state index in [9.17, 15) is 0 Å². The minimum absolute atomic E-state index is 0.699. The van der Waals surface area contributed by atoms with E-state index in [2.05, 4.69) is 23.2 Å². The maximum absolute atomic E-state index is 3.51. The predicted molar refractivity (Wildman–Crippen MR) is 67.0 cm³/mol. The van der Waals surface area contributed by atoms with Crippen molar-refractivity contribution < 1.29 is 0 Å². The molecular formula is C15H18N. The first-order chi connectivity index (χ1) is 7.95. The molecule has 0 heterocycles. The normalized spacial score (nSPS) is 16.5. The van der Waals surface area contributed by atoms with E-state index in [4.69, 9.17) is 0 Å². The molecule has 0 amide bonds. The van der Waals surface area contributed by atoms with Crippen molar-refractivity contribution in [3.05, 3.63) is 35.9 Å². The summed E-state index contributed by atoms with van der Waals surface area (Å²) in [6.07, 6.45) is 6.79. The molecule has 0 bridgehead atoms. The van der Waals surface area contributed by atoms with E-state index in [1.165, 1.54) is 32.1 Å². The zero-order valence-electron chi connectivity index (χ0n) is 9.63. The Hall–Kier alpha value is -1.26. The molecule has 1 aliphatic rings. The molecule has 0 spiro atoms. The lowest BCUT2D eigenvalue weighted by atomic mass is 9.96. The van der Waals surface area contributed by atoms with Crippen LogP contribution in [0, 0.1) is 17.9 Å². The van der Waals surface area contributed by atoms with Crippen LogP contribution in [0.25, 0.3) is 0 Å². The first-order valence-corrected chi connectivity index (χ1v) is 6.13. The molecule has 1 radical (unpaired) electrons. The van der Waals surface area contributed by atoms with E-state index in [0.29, 0.717) is 6.04 Å². The van der Waals surface area contributed by atoms with Crippen molar-refractivity contribution >= 4 is 0 Å². The Morgan fingerprint density at radius 3 is 2.94 bits per heavy atom. The van der Waals surface area contributed by atoms with E-state index < -0.39 is 0 Å². The second-order valence-corrected chi connectivity index (χ2v) is 4.31. The van der Waals surface area contributed by atoms with Gasteiger partial charge >= 0.3 is 0 Å². The molecule has 1 nitrogen and oxygen atoms in total. The molecule has 83 valence electrons. The third kappa shape index (κ3) is 3.72. The second kappa shape index (κ2) is 6.35. The Balaban J connectivity index is 1.73. The first kappa shape index (κ1) is 11.2. The minimum Gasteiger partial charge on any atom is -0.303 e. The summed E-state index contributed by atoms with van der Waals surface area (Å²) in [5, 5.41) is 3.51. The van der Waals surface area contributed by atoms with Crippen molar-refractivity contribution in [3.8, 4) is 11.8 Å². The lowest BCUT2D eigenvalue weighted by Crippen LogP contribution is -2.31. The SMILES string of the molecule is C(#Cc1c[c]ccc1)CNC1CCCCC1. The standard InChI is InChI=1S/C15H18N/c1-3-8-14(9-4-1)10-7-13-16-15-11-5-2-6-12-15/h1,3,8-9,15-16H,2,5-6,11-13H2. The van der Waals surface area contributed by atoms with Crippen LogP contribution >= 0.6 is 0 Å². The first-order valence-electron chi connectivity index (χ1n) is 6.13. The van der Waals surface area contributed by atoms with Crippen LogP contribution in [0.2, 0.25) is 0 Å². The monoisotopic (exact) mass is 212 g/mol. The van der Waals surface area contributed by atoms with Crippen LogP contribution in [0.3, 0.4) is 0 Å². The van der Waals surface area contributed by atoms with E-state index in [0.717, 1.165) is 12.1 Å². The molecular weight excluding hydrogens is 194 g/mol. The Morgan fingerprint density at radius 1 is 1.31 bits per heavy atom. The highest BCUT2D eigenvalue weighted by Crippen LogP contribution is 2.16. The zero-order valence-corrected chi connectivity index (χ0v) is 9.63. The quantitative estimate of drug-likeness (QED) is 0.743. The summed E-state index contributed by atoms with van der Waals surface area (Å²) in [5.41, 5.74) is 1.05. The van der Waals surface area contributed by atoms with E-state index >= 15 is 0 Å². The number of rotatable bonds is 2. The van der Waals surface area contributed by atoms with Crippen molar-refractivity contribution in [1.82, 2.24) is 5.32 Å². The zero-order chi connectivity index (χ0) is 11.1. The van der Waals surface area contributed by atoms with Crippen LogP contribution in [-0.2, 0) is 0 Å².